The van der Waals surface area contributed by atoms with Crippen LogP contribution < -0.4 is 4.90 Å². The number of halogens is 1. The maximum atomic E-state index is 12.5. The largest absolute Gasteiger partial charge is 0.311 e. The molecule has 0 aliphatic carbocycles. The molecule has 0 fully saturated rings. The lowest BCUT2D eigenvalue weighted by molar-refractivity contribution is -0.118. The van der Waals surface area contributed by atoms with Crippen LogP contribution in [0.5, 0.6) is 0 Å². The second kappa shape index (κ2) is 8.32. The molecule has 0 atom stereocenters. The highest BCUT2D eigenvalue weighted by Crippen LogP contribution is 2.32. The first-order chi connectivity index (χ1) is 11.1. The zero-order chi connectivity index (χ0) is 16.8. The van der Waals surface area contributed by atoms with Gasteiger partial charge < -0.3 is 9.80 Å². The van der Waals surface area contributed by atoms with Crippen molar-refractivity contribution in [2.75, 3.05) is 31.1 Å². The summed E-state index contributed by atoms with van der Waals surface area (Å²) in [5, 5.41) is 2.74. The van der Waals surface area contributed by atoms with Gasteiger partial charge in [-0.1, -0.05) is 56.6 Å². The van der Waals surface area contributed by atoms with Crippen LogP contribution in [0.15, 0.2) is 36.4 Å². The third-order valence-electron chi connectivity index (χ3n) is 4.28. The van der Waals surface area contributed by atoms with Gasteiger partial charge in [-0.2, -0.15) is 0 Å². The van der Waals surface area contributed by atoms with E-state index in [0.29, 0.717) is 13.0 Å². The van der Waals surface area contributed by atoms with Crippen LogP contribution in [0.2, 0.25) is 5.02 Å². The third kappa shape index (κ3) is 4.04. The molecule has 2 aromatic rings. The van der Waals surface area contributed by atoms with E-state index in [1.54, 1.807) is 0 Å². The molecular formula is C19H25ClN2O. The molecule has 2 aromatic carbocycles. The summed E-state index contributed by atoms with van der Waals surface area (Å²) in [7, 11) is 0. The highest BCUT2D eigenvalue weighted by atomic mass is 35.5. The second-order valence-electron chi connectivity index (χ2n) is 5.54. The van der Waals surface area contributed by atoms with Crippen LogP contribution in [0.25, 0.3) is 10.8 Å². The lowest BCUT2D eigenvalue weighted by atomic mass is 10.1. The Bertz CT molecular complexity index is 667. The normalized spacial score (nSPS) is 11.2. The molecule has 4 heteroatoms. The molecule has 0 spiro atoms. The Morgan fingerprint density at radius 1 is 0.957 bits per heavy atom. The molecule has 0 aliphatic rings. The summed E-state index contributed by atoms with van der Waals surface area (Å²) in [5.41, 5.74) is 0.948. The van der Waals surface area contributed by atoms with E-state index in [-0.39, 0.29) is 5.91 Å². The topological polar surface area (TPSA) is 23.6 Å². The fourth-order valence-electron chi connectivity index (χ4n) is 2.83. The maximum absolute atomic E-state index is 12.5. The van der Waals surface area contributed by atoms with Crippen molar-refractivity contribution in [3.8, 4) is 0 Å². The van der Waals surface area contributed by atoms with Gasteiger partial charge in [0.2, 0.25) is 5.91 Å². The third-order valence-corrected chi connectivity index (χ3v) is 4.61. The first kappa shape index (κ1) is 17.8. The van der Waals surface area contributed by atoms with Gasteiger partial charge in [0.1, 0.15) is 0 Å². The van der Waals surface area contributed by atoms with Gasteiger partial charge in [0.25, 0.3) is 0 Å². The zero-order valence-corrected chi connectivity index (χ0v) is 14.9. The van der Waals surface area contributed by atoms with Crippen molar-refractivity contribution in [2.45, 2.75) is 27.2 Å². The molecule has 0 heterocycles. The van der Waals surface area contributed by atoms with E-state index < -0.39 is 0 Å². The van der Waals surface area contributed by atoms with Gasteiger partial charge in [0, 0.05) is 35.3 Å². The van der Waals surface area contributed by atoms with Crippen LogP contribution in [0.4, 0.5) is 5.69 Å². The van der Waals surface area contributed by atoms with Crippen molar-refractivity contribution in [2.24, 2.45) is 0 Å². The molecule has 3 nitrogen and oxygen atoms in total. The Morgan fingerprint density at radius 2 is 1.61 bits per heavy atom. The number of nitrogens with zero attached hydrogens (tertiary/aromatic N) is 2. The number of hydrogen-bond donors (Lipinski definition) is 0. The standard InChI is InChI=1S/C19H25ClN2O/c1-4-19(23)22(14-13-21(5-2)6-3)18-12-11-17(20)15-9-7-8-10-16(15)18/h7-12H,4-6,13-14H2,1-3H3. The average Bonchev–Trinajstić information content (AvgIpc) is 2.60. The molecule has 0 saturated heterocycles. The van der Waals surface area contributed by atoms with Gasteiger partial charge in [-0.3, -0.25) is 4.79 Å². The minimum Gasteiger partial charge on any atom is -0.311 e. The molecule has 124 valence electrons. The number of benzene rings is 2. The van der Waals surface area contributed by atoms with Crippen LogP contribution in [-0.2, 0) is 4.79 Å². The summed E-state index contributed by atoms with van der Waals surface area (Å²) in [5.74, 6) is 0.143. The number of anilines is 1. The van der Waals surface area contributed by atoms with Crippen molar-refractivity contribution in [3.05, 3.63) is 41.4 Å². The smallest absolute Gasteiger partial charge is 0.226 e. The van der Waals surface area contributed by atoms with Crippen molar-refractivity contribution in [1.82, 2.24) is 4.90 Å². The molecule has 1 amide bonds. The molecule has 0 unspecified atom stereocenters. The molecule has 0 N–H and O–H groups in total. The number of rotatable bonds is 7. The van der Waals surface area contributed by atoms with E-state index >= 15 is 0 Å². The first-order valence-corrected chi connectivity index (χ1v) is 8.70. The summed E-state index contributed by atoms with van der Waals surface area (Å²) in [4.78, 5) is 16.7. The number of carbonyl (C=O) groups is 1. The van der Waals surface area contributed by atoms with Gasteiger partial charge in [-0.05, 0) is 25.2 Å². The van der Waals surface area contributed by atoms with Gasteiger partial charge in [-0.15, -0.1) is 0 Å². The van der Waals surface area contributed by atoms with Gasteiger partial charge in [-0.25, -0.2) is 0 Å². The molecule has 0 radical (unpaired) electrons. The van der Waals surface area contributed by atoms with E-state index in [1.807, 2.05) is 48.2 Å². The molecular weight excluding hydrogens is 308 g/mol. The minimum atomic E-state index is 0.143. The highest BCUT2D eigenvalue weighted by Gasteiger charge is 2.18. The lowest BCUT2D eigenvalue weighted by Gasteiger charge is -2.27. The fourth-order valence-corrected chi connectivity index (χ4v) is 3.06. The van der Waals surface area contributed by atoms with Crippen LogP contribution in [-0.4, -0.2) is 37.0 Å². The number of amides is 1. The molecule has 0 bridgehead atoms. The first-order valence-electron chi connectivity index (χ1n) is 8.32. The lowest BCUT2D eigenvalue weighted by Crippen LogP contribution is -2.38. The summed E-state index contributed by atoms with van der Waals surface area (Å²) in [6, 6.07) is 11.8. The highest BCUT2D eigenvalue weighted by molar-refractivity contribution is 6.36. The van der Waals surface area contributed by atoms with E-state index in [0.717, 1.165) is 41.1 Å². The maximum Gasteiger partial charge on any atom is 0.226 e. The summed E-state index contributed by atoms with van der Waals surface area (Å²) in [6.07, 6.45) is 0.495. The quantitative estimate of drug-likeness (QED) is 0.741. The van der Waals surface area contributed by atoms with Crippen LogP contribution in [0.3, 0.4) is 0 Å². The Kier molecular flexibility index (Phi) is 6.43. The van der Waals surface area contributed by atoms with Crippen molar-refractivity contribution in [1.29, 1.82) is 0 Å². The van der Waals surface area contributed by atoms with E-state index in [9.17, 15) is 4.79 Å². The molecule has 0 aromatic heterocycles. The predicted octanol–water partition coefficient (Wildman–Crippen LogP) is 4.58. The average molecular weight is 333 g/mol. The van der Waals surface area contributed by atoms with Crippen molar-refractivity contribution in [3.63, 3.8) is 0 Å². The number of likely N-dealkylation sites (N-methyl/N-ethyl adjacent to an activating group) is 1. The second-order valence-corrected chi connectivity index (χ2v) is 5.95. The predicted molar refractivity (Wildman–Crippen MR) is 99.4 cm³/mol. The van der Waals surface area contributed by atoms with Crippen LogP contribution >= 0.6 is 11.6 Å². The summed E-state index contributed by atoms with van der Waals surface area (Å²) < 4.78 is 0. The fraction of sp³-hybridized carbons (Fsp3) is 0.421. The monoisotopic (exact) mass is 332 g/mol. The minimum absolute atomic E-state index is 0.143. The Balaban J connectivity index is 2.40. The van der Waals surface area contributed by atoms with Gasteiger partial charge in [0.05, 0.1) is 5.69 Å². The van der Waals surface area contributed by atoms with E-state index in [1.165, 1.54) is 0 Å². The van der Waals surface area contributed by atoms with E-state index in [2.05, 4.69) is 18.7 Å². The number of fused-ring (bicyclic) bond motifs is 1. The Labute approximate surface area is 143 Å². The molecule has 23 heavy (non-hydrogen) atoms. The van der Waals surface area contributed by atoms with Crippen molar-refractivity contribution < 1.29 is 4.79 Å². The molecule has 0 saturated carbocycles. The van der Waals surface area contributed by atoms with Crippen LogP contribution in [0.1, 0.15) is 27.2 Å². The zero-order valence-electron chi connectivity index (χ0n) is 14.2. The van der Waals surface area contributed by atoms with Gasteiger partial charge >= 0.3 is 0 Å². The molecule has 0 aliphatic heterocycles. The van der Waals surface area contributed by atoms with E-state index in [4.69, 9.17) is 11.6 Å². The van der Waals surface area contributed by atoms with Crippen molar-refractivity contribution >= 4 is 34.0 Å². The number of hydrogen-bond acceptors (Lipinski definition) is 2. The van der Waals surface area contributed by atoms with Gasteiger partial charge in [0.15, 0.2) is 0 Å². The summed E-state index contributed by atoms with van der Waals surface area (Å²) >= 11 is 6.31. The number of carbonyl (C=O) groups excluding carboxylic acids is 1. The van der Waals surface area contributed by atoms with Crippen LogP contribution in [0, 0.1) is 0 Å². The SMILES string of the molecule is CCC(=O)N(CCN(CC)CC)c1ccc(Cl)c2ccccc12. The summed E-state index contributed by atoms with van der Waals surface area (Å²) in [6.45, 7) is 9.75. The Morgan fingerprint density at radius 3 is 2.22 bits per heavy atom. The Hall–Kier alpha value is -1.58. The molecule has 2 rings (SSSR count).